The summed E-state index contributed by atoms with van der Waals surface area (Å²) in [7, 11) is 1.51. The van der Waals surface area contributed by atoms with Crippen LogP contribution in [0.15, 0.2) is 47.4 Å². The van der Waals surface area contributed by atoms with E-state index in [0.717, 1.165) is 22.2 Å². The van der Waals surface area contributed by atoms with Crippen LogP contribution in [0.4, 0.5) is 4.79 Å². The van der Waals surface area contributed by atoms with Crippen molar-refractivity contribution in [1.29, 1.82) is 0 Å². The summed E-state index contributed by atoms with van der Waals surface area (Å²) >= 11 is 6.89. The Morgan fingerprint density at radius 1 is 1.19 bits per heavy atom. The number of hydrogen-bond donors (Lipinski definition) is 0. The molecule has 27 heavy (non-hydrogen) atoms. The minimum absolute atomic E-state index is 0.248. The number of Topliss-reactive ketones (excluding diaryl/α,β-unsaturated/α-hetero) is 1. The topological polar surface area (TPSA) is 63.7 Å². The van der Waals surface area contributed by atoms with Gasteiger partial charge in [0.1, 0.15) is 5.75 Å². The van der Waals surface area contributed by atoms with Gasteiger partial charge in [0.2, 0.25) is 0 Å². The molecule has 7 heteroatoms. The first-order valence-electron chi connectivity index (χ1n) is 8.08. The molecular weight excluding hydrogens is 386 g/mol. The molecular formula is C20H16ClNO4S. The number of ether oxygens (including phenoxy) is 1. The molecule has 1 aliphatic rings. The van der Waals surface area contributed by atoms with Gasteiger partial charge in [0, 0.05) is 5.56 Å². The van der Waals surface area contributed by atoms with Crippen molar-refractivity contribution in [2.24, 2.45) is 0 Å². The van der Waals surface area contributed by atoms with Gasteiger partial charge >= 0.3 is 0 Å². The number of nitrogens with zero attached hydrogens (tertiary/aromatic N) is 1. The molecule has 2 aromatic rings. The van der Waals surface area contributed by atoms with Gasteiger partial charge in [0.05, 0.1) is 23.6 Å². The molecule has 3 rings (SSSR count). The molecule has 1 aliphatic heterocycles. The number of aryl methyl sites for hydroxylation is 1. The number of imide groups is 1. The molecule has 0 aromatic heterocycles. The fourth-order valence-electron chi connectivity index (χ4n) is 2.53. The fourth-order valence-corrected chi connectivity index (χ4v) is 3.64. The minimum Gasteiger partial charge on any atom is -0.495 e. The quantitative estimate of drug-likeness (QED) is 0.542. The van der Waals surface area contributed by atoms with Crippen molar-refractivity contribution in [2.45, 2.75) is 6.92 Å². The van der Waals surface area contributed by atoms with E-state index in [9.17, 15) is 14.4 Å². The first-order chi connectivity index (χ1) is 12.9. The number of ketones is 1. The highest BCUT2D eigenvalue weighted by Crippen LogP contribution is 2.33. The van der Waals surface area contributed by atoms with Crippen LogP contribution in [0.25, 0.3) is 6.08 Å². The summed E-state index contributed by atoms with van der Waals surface area (Å²) in [5, 5.41) is -0.0636. The summed E-state index contributed by atoms with van der Waals surface area (Å²) in [5.41, 5.74) is 2.15. The van der Waals surface area contributed by atoms with Crippen molar-refractivity contribution in [3.05, 3.63) is 69.1 Å². The molecule has 0 aliphatic carbocycles. The molecule has 1 saturated heterocycles. The largest absolute Gasteiger partial charge is 0.495 e. The third-order valence-electron chi connectivity index (χ3n) is 4.02. The van der Waals surface area contributed by atoms with E-state index in [0.29, 0.717) is 21.9 Å². The average molecular weight is 402 g/mol. The van der Waals surface area contributed by atoms with Gasteiger partial charge in [0.15, 0.2) is 5.78 Å². The molecule has 0 unspecified atom stereocenters. The highest BCUT2D eigenvalue weighted by atomic mass is 35.5. The highest BCUT2D eigenvalue weighted by Gasteiger charge is 2.36. The second-order valence-electron chi connectivity index (χ2n) is 5.95. The molecule has 2 amide bonds. The lowest BCUT2D eigenvalue weighted by Crippen LogP contribution is -2.33. The molecule has 0 atom stereocenters. The Morgan fingerprint density at radius 2 is 1.89 bits per heavy atom. The van der Waals surface area contributed by atoms with E-state index in [4.69, 9.17) is 16.3 Å². The second kappa shape index (κ2) is 7.98. The molecule has 0 spiro atoms. The van der Waals surface area contributed by atoms with E-state index in [1.165, 1.54) is 7.11 Å². The number of rotatable bonds is 5. The lowest BCUT2D eigenvalue weighted by atomic mass is 10.1. The highest BCUT2D eigenvalue weighted by molar-refractivity contribution is 8.18. The number of carbonyl (C=O) groups is 3. The van der Waals surface area contributed by atoms with E-state index in [1.54, 1.807) is 36.4 Å². The Morgan fingerprint density at radius 3 is 2.52 bits per heavy atom. The summed E-state index contributed by atoms with van der Waals surface area (Å²) in [6.07, 6.45) is 1.58. The number of halogens is 1. The van der Waals surface area contributed by atoms with Crippen LogP contribution < -0.4 is 4.74 Å². The van der Waals surface area contributed by atoms with Gasteiger partial charge in [-0.25, -0.2) is 0 Å². The van der Waals surface area contributed by atoms with E-state index >= 15 is 0 Å². The van der Waals surface area contributed by atoms with Crippen molar-refractivity contribution < 1.29 is 19.1 Å². The number of hydrogen-bond acceptors (Lipinski definition) is 5. The van der Waals surface area contributed by atoms with Crippen LogP contribution >= 0.6 is 23.4 Å². The van der Waals surface area contributed by atoms with Crippen LogP contribution in [0.2, 0.25) is 5.02 Å². The van der Waals surface area contributed by atoms with Gasteiger partial charge < -0.3 is 4.74 Å². The van der Waals surface area contributed by atoms with Gasteiger partial charge in [-0.1, -0.05) is 47.5 Å². The Kier molecular flexibility index (Phi) is 5.68. The fraction of sp³-hybridized carbons (Fsp3) is 0.150. The lowest BCUT2D eigenvalue weighted by Gasteiger charge is -2.11. The van der Waals surface area contributed by atoms with E-state index in [1.807, 2.05) is 19.1 Å². The third-order valence-corrected chi connectivity index (χ3v) is 5.23. The van der Waals surface area contributed by atoms with Crippen LogP contribution in [0.1, 0.15) is 21.5 Å². The monoisotopic (exact) mass is 401 g/mol. The molecule has 0 radical (unpaired) electrons. The third kappa shape index (κ3) is 4.23. The smallest absolute Gasteiger partial charge is 0.293 e. The van der Waals surface area contributed by atoms with Crippen LogP contribution in [0.3, 0.4) is 0 Å². The van der Waals surface area contributed by atoms with Crippen LogP contribution in [-0.2, 0) is 4.79 Å². The van der Waals surface area contributed by atoms with E-state index in [2.05, 4.69) is 0 Å². The average Bonchev–Trinajstić information content (AvgIpc) is 2.90. The SMILES string of the molecule is COc1ccc(C=C2SC(=O)N(CC(=O)c3ccc(C)cc3)C2=O)cc1Cl. The summed E-state index contributed by atoms with van der Waals surface area (Å²) in [5.74, 6) is -0.256. The number of amides is 2. The number of thioether (sulfide) groups is 1. The molecule has 0 bridgehead atoms. The van der Waals surface area contributed by atoms with Gasteiger partial charge in [-0.05, 0) is 42.5 Å². The van der Waals surface area contributed by atoms with Crippen molar-refractivity contribution in [3.63, 3.8) is 0 Å². The molecule has 1 fully saturated rings. The van der Waals surface area contributed by atoms with Crippen LogP contribution in [0, 0.1) is 6.92 Å². The maximum Gasteiger partial charge on any atom is 0.293 e. The number of carbonyl (C=O) groups excluding carboxylic acids is 3. The summed E-state index contributed by atoms with van der Waals surface area (Å²) in [6, 6.07) is 12.1. The van der Waals surface area contributed by atoms with Gasteiger partial charge in [-0.15, -0.1) is 0 Å². The van der Waals surface area contributed by atoms with Crippen molar-refractivity contribution in [3.8, 4) is 5.75 Å². The van der Waals surface area contributed by atoms with Crippen molar-refractivity contribution in [1.82, 2.24) is 4.90 Å². The van der Waals surface area contributed by atoms with E-state index in [-0.39, 0.29) is 17.2 Å². The summed E-state index contributed by atoms with van der Waals surface area (Å²) < 4.78 is 5.09. The molecule has 5 nitrogen and oxygen atoms in total. The van der Waals surface area contributed by atoms with Crippen LogP contribution in [-0.4, -0.2) is 35.5 Å². The second-order valence-corrected chi connectivity index (χ2v) is 7.35. The molecule has 0 N–H and O–H groups in total. The predicted molar refractivity (Wildman–Crippen MR) is 106 cm³/mol. The molecule has 2 aromatic carbocycles. The number of benzene rings is 2. The van der Waals surface area contributed by atoms with Gasteiger partial charge in [-0.2, -0.15) is 0 Å². The normalized spacial score (nSPS) is 15.5. The Hall–Kier alpha value is -2.57. The summed E-state index contributed by atoms with van der Waals surface area (Å²) in [4.78, 5) is 38.3. The maximum absolute atomic E-state index is 12.6. The molecule has 138 valence electrons. The zero-order chi connectivity index (χ0) is 19.6. The number of methoxy groups -OCH3 is 1. The van der Waals surface area contributed by atoms with Crippen molar-refractivity contribution in [2.75, 3.05) is 13.7 Å². The Bertz CT molecular complexity index is 953. The molecule has 1 heterocycles. The molecule has 0 saturated carbocycles. The maximum atomic E-state index is 12.6. The Labute approximate surface area is 165 Å². The standard InChI is InChI=1S/C20H16ClNO4S/c1-12-3-6-14(7-4-12)16(23)11-22-19(24)18(27-20(22)25)10-13-5-8-17(26-2)15(21)9-13/h3-10H,11H2,1-2H3. The first kappa shape index (κ1) is 19.2. The lowest BCUT2D eigenvalue weighted by molar-refractivity contribution is -0.122. The zero-order valence-corrected chi connectivity index (χ0v) is 16.3. The predicted octanol–water partition coefficient (Wildman–Crippen LogP) is 4.58. The first-order valence-corrected chi connectivity index (χ1v) is 9.27. The van der Waals surface area contributed by atoms with Gasteiger partial charge in [-0.3, -0.25) is 19.3 Å². The van der Waals surface area contributed by atoms with Crippen molar-refractivity contribution >= 4 is 46.4 Å². The summed E-state index contributed by atoms with van der Waals surface area (Å²) in [6.45, 7) is 1.63. The minimum atomic E-state index is -0.489. The van der Waals surface area contributed by atoms with Crippen LogP contribution in [0.5, 0.6) is 5.75 Å². The Balaban J connectivity index is 1.77. The zero-order valence-electron chi connectivity index (χ0n) is 14.7. The van der Waals surface area contributed by atoms with Gasteiger partial charge in [0.25, 0.3) is 11.1 Å². The van der Waals surface area contributed by atoms with E-state index < -0.39 is 11.1 Å².